The Morgan fingerprint density at radius 1 is 1.18 bits per heavy atom. The number of hydrogen-bond donors (Lipinski definition) is 1. The van der Waals surface area contributed by atoms with Gasteiger partial charge in [0.05, 0.1) is 18.4 Å². The van der Waals surface area contributed by atoms with Gasteiger partial charge in [0, 0.05) is 42.1 Å². The first kappa shape index (κ1) is 21.4. The Hall–Kier alpha value is -2.86. The number of benzene rings is 1. The van der Waals surface area contributed by atoms with Gasteiger partial charge in [0.15, 0.2) is 5.65 Å². The lowest BCUT2D eigenvalue weighted by Gasteiger charge is -2.21. The Morgan fingerprint density at radius 3 is 2.61 bits per heavy atom. The van der Waals surface area contributed by atoms with Gasteiger partial charge in [-0.1, -0.05) is 6.07 Å². The molecule has 148 valence electrons. The highest BCUT2D eigenvalue weighted by Gasteiger charge is 2.20. The lowest BCUT2D eigenvalue weighted by molar-refractivity contribution is 0.0774. The summed E-state index contributed by atoms with van der Waals surface area (Å²) in [7, 11) is 1.63. The molecule has 1 N–H and O–H groups in total. The number of carbonyl (C=O) groups excluding carboxylic acids is 1. The molecule has 6 nitrogen and oxygen atoms in total. The summed E-state index contributed by atoms with van der Waals surface area (Å²) in [5, 5.41) is 4.19. The van der Waals surface area contributed by atoms with E-state index in [1.165, 1.54) is 0 Å². The number of aromatic nitrogens is 2. The first-order valence-electron chi connectivity index (χ1n) is 9.04. The number of fused-ring (bicyclic) bond motifs is 1. The molecule has 28 heavy (non-hydrogen) atoms. The monoisotopic (exact) mass is 400 g/mol. The van der Waals surface area contributed by atoms with Crippen molar-refractivity contribution in [1.82, 2.24) is 14.9 Å². The fraction of sp³-hybridized carbons (Fsp3) is 0.286. The summed E-state index contributed by atoms with van der Waals surface area (Å²) in [5.74, 6) is 0.685. The third kappa shape index (κ3) is 4.34. The molecule has 0 saturated carbocycles. The van der Waals surface area contributed by atoms with Gasteiger partial charge < -0.3 is 15.0 Å². The molecule has 7 heteroatoms. The minimum Gasteiger partial charge on any atom is -0.497 e. The summed E-state index contributed by atoms with van der Waals surface area (Å²) in [4.78, 5) is 23.8. The molecule has 0 saturated heterocycles. The molecule has 1 aromatic carbocycles. The largest absolute Gasteiger partial charge is 0.497 e. The minimum atomic E-state index is -0.0552. The number of anilines is 2. The Kier molecular flexibility index (Phi) is 7.18. The standard InChI is InChI=1S/C21H24N4O2.ClH/c1-5-25(6-2)21(26)18-13-22-20-17(11-10-14(3)23-20)19(18)24-15-8-7-9-16(12-15)27-4;/h7-13H,5-6H2,1-4H3,(H,22,23,24);1H. The van der Waals surface area contributed by atoms with Crippen LogP contribution in [0.25, 0.3) is 11.0 Å². The molecule has 3 aromatic rings. The lowest BCUT2D eigenvalue weighted by Crippen LogP contribution is -2.31. The second kappa shape index (κ2) is 9.37. The zero-order chi connectivity index (χ0) is 19.4. The molecule has 1 amide bonds. The normalized spacial score (nSPS) is 10.3. The van der Waals surface area contributed by atoms with Crippen molar-refractivity contribution in [1.29, 1.82) is 0 Å². The second-order valence-corrected chi connectivity index (χ2v) is 6.21. The zero-order valence-electron chi connectivity index (χ0n) is 16.5. The number of rotatable bonds is 6. The third-order valence-corrected chi connectivity index (χ3v) is 4.49. The van der Waals surface area contributed by atoms with Gasteiger partial charge in [-0.15, -0.1) is 12.4 Å². The Labute approximate surface area is 171 Å². The maximum atomic E-state index is 13.1. The van der Waals surface area contributed by atoms with E-state index in [1.54, 1.807) is 18.2 Å². The van der Waals surface area contributed by atoms with Gasteiger partial charge in [-0.05, 0) is 45.0 Å². The van der Waals surface area contributed by atoms with Crippen LogP contribution in [0.15, 0.2) is 42.6 Å². The number of pyridine rings is 2. The van der Waals surface area contributed by atoms with E-state index in [9.17, 15) is 4.79 Å². The molecular formula is C21H25ClN4O2. The number of aryl methyl sites for hydroxylation is 1. The Balaban J connectivity index is 0.00000280. The predicted octanol–water partition coefficient (Wildman–Crippen LogP) is 4.59. The van der Waals surface area contributed by atoms with Gasteiger partial charge in [0.25, 0.3) is 5.91 Å². The molecule has 0 fully saturated rings. The quantitative estimate of drug-likeness (QED) is 0.655. The number of hydrogen-bond acceptors (Lipinski definition) is 5. The van der Waals surface area contributed by atoms with E-state index >= 15 is 0 Å². The summed E-state index contributed by atoms with van der Waals surface area (Å²) in [6.07, 6.45) is 1.61. The van der Waals surface area contributed by atoms with Crippen molar-refractivity contribution in [2.75, 3.05) is 25.5 Å². The van der Waals surface area contributed by atoms with Crippen molar-refractivity contribution < 1.29 is 9.53 Å². The topological polar surface area (TPSA) is 67.4 Å². The van der Waals surface area contributed by atoms with Crippen LogP contribution >= 0.6 is 12.4 Å². The van der Waals surface area contributed by atoms with Crippen molar-refractivity contribution in [3.63, 3.8) is 0 Å². The van der Waals surface area contributed by atoms with E-state index in [4.69, 9.17) is 4.74 Å². The van der Waals surface area contributed by atoms with Crippen LogP contribution in [-0.4, -0.2) is 41.0 Å². The van der Waals surface area contributed by atoms with Crippen LogP contribution in [0.5, 0.6) is 5.75 Å². The van der Waals surface area contributed by atoms with Crippen LogP contribution in [0.4, 0.5) is 11.4 Å². The Morgan fingerprint density at radius 2 is 1.93 bits per heavy atom. The van der Waals surface area contributed by atoms with Crippen molar-refractivity contribution in [2.24, 2.45) is 0 Å². The van der Waals surface area contributed by atoms with E-state index in [0.717, 1.165) is 22.5 Å². The van der Waals surface area contributed by atoms with E-state index in [0.29, 0.717) is 30.0 Å². The highest BCUT2D eigenvalue weighted by Crippen LogP contribution is 2.30. The molecule has 3 rings (SSSR count). The average Bonchev–Trinajstić information content (AvgIpc) is 2.69. The van der Waals surface area contributed by atoms with Gasteiger partial charge in [-0.2, -0.15) is 0 Å². The van der Waals surface area contributed by atoms with Crippen LogP contribution in [-0.2, 0) is 0 Å². The molecule has 0 aliphatic rings. The summed E-state index contributed by atoms with van der Waals surface area (Å²) < 4.78 is 5.31. The molecule has 0 spiro atoms. The SMILES string of the molecule is CCN(CC)C(=O)c1cnc2nc(C)ccc2c1Nc1cccc(OC)c1.Cl. The first-order valence-corrected chi connectivity index (χ1v) is 9.04. The van der Waals surface area contributed by atoms with Crippen molar-refractivity contribution in [2.45, 2.75) is 20.8 Å². The summed E-state index contributed by atoms with van der Waals surface area (Å²) >= 11 is 0. The van der Waals surface area contributed by atoms with Gasteiger partial charge >= 0.3 is 0 Å². The molecular weight excluding hydrogens is 376 g/mol. The van der Waals surface area contributed by atoms with E-state index in [-0.39, 0.29) is 18.3 Å². The van der Waals surface area contributed by atoms with Gasteiger partial charge in [-0.25, -0.2) is 9.97 Å². The molecule has 0 aliphatic carbocycles. The molecule has 0 bridgehead atoms. The number of carbonyl (C=O) groups is 1. The molecule has 0 radical (unpaired) electrons. The van der Waals surface area contributed by atoms with Crippen LogP contribution < -0.4 is 10.1 Å². The fourth-order valence-electron chi connectivity index (χ4n) is 3.00. The Bertz CT molecular complexity index is 974. The van der Waals surface area contributed by atoms with Crippen LogP contribution in [0, 0.1) is 6.92 Å². The predicted molar refractivity (Wildman–Crippen MR) is 115 cm³/mol. The molecule has 0 atom stereocenters. The third-order valence-electron chi connectivity index (χ3n) is 4.49. The second-order valence-electron chi connectivity index (χ2n) is 6.21. The number of ether oxygens (including phenoxy) is 1. The van der Waals surface area contributed by atoms with E-state index in [2.05, 4.69) is 15.3 Å². The fourth-order valence-corrected chi connectivity index (χ4v) is 3.00. The zero-order valence-corrected chi connectivity index (χ0v) is 17.3. The van der Waals surface area contributed by atoms with Crippen LogP contribution in [0.1, 0.15) is 29.9 Å². The number of amides is 1. The van der Waals surface area contributed by atoms with E-state index in [1.807, 2.05) is 57.2 Å². The maximum absolute atomic E-state index is 13.1. The molecule has 0 unspecified atom stereocenters. The highest BCUT2D eigenvalue weighted by atomic mass is 35.5. The van der Waals surface area contributed by atoms with Gasteiger partial charge in [0.2, 0.25) is 0 Å². The first-order chi connectivity index (χ1) is 13.1. The van der Waals surface area contributed by atoms with Crippen molar-refractivity contribution in [3.05, 3.63) is 53.9 Å². The maximum Gasteiger partial charge on any atom is 0.257 e. The van der Waals surface area contributed by atoms with Gasteiger partial charge in [0.1, 0.15) is 5.75 Å². The molecule has 0 aliphatic heterocycles. The summed E-state index contributed by atoms with van der Waals surface area (Å²) in [6, 6.07) is 11.5. The lowest BCUT2D eigenvalue weighted by atomic mass is 10.1. The van der Waals surface area contributed by atoms with Crippen molar-refractivity contribution >= 4 is 40.7 Å². The van der Waals surface area contributed by atoms with Crippen molar-refractivity contribution in [3.8, 4) is 5.75 Å². The van der Waals surface area contributed by atoms with Crippen LogP contribution in [0.2, 0.25) is 0 Å². The van der Waals surface area contributed by atoms with Gasteiger partial charge in [-0.3, -0.25) is 4.79 Å². The number of nitrogens with one attached hydrogen (secondary N) is 1. The summed E-state index contributed by atoms with van der Waals surface area (Å²) in [5.41, 5.74) is 3.55. The van der Waals surface area contributed by atoms with E-state index < -0.39 is 0 Å². The highest BCUT2D eigenvalue weighted by molar-refractivity contribution is 6.07. The number of halogens is 1. The number of nitrogens with zero attached hydrogens (tertiary/aromatic N) is 3. The smallest absolute Gasteiger partial charge is 0.257 e. The minimum absolute atomic E-state index is 0. The molecule has 2 heterocycles. The average molecular weight is 401 g/mol. The summed E-state index contributed by atoms with van der Waals surface area (Å²) in [6.45, 7) is 7.13. The number of methoxy groups -OCH3 is 1. The van der Waals surface area contributed by atoms with Crippen LogP contribution in [0.3, 0.4) is 0 Å². The molecule has 2 aromatic heterocycles.